The fourth-order valence-corrected chi connectivity index (χ4v) is 1.02. The maximum Gasteiger partial charge on any atom is 0.272 e. The van der Waals surface area contributed by atoms with Gasteiger partial charge in [0.15, 0.2) is 11.6 Å². The Morgan fingerprint density at radius 1 is 1.62 bits per heavy atom. The summed E-state index contributed by atoms with van der Waals surface area (Å²) < 4.78 is 18.2. The van der Waals surface area contributed by atoms with Crippen molar-refractivity contribution in [3.05, 3.63) is 34.1 Å². The zero-order valence-electron chi connectivity index (χ0n) is 8.72. The molecular weight excluding hydrogens is 217 g/mol. The first kappa shape index (κ1) is 12.4. The van der Waals surface area contributed by atoms with Crippen molar-refractivity contribution in [3.63, 3.8) is 0 Å². The van der Waals surface area contributed by atoms with Gasteiger partial charge in [0.05, 0.1) is 17.1 Å². The first-order valence-electron chi connectivity index (χ1n) is 4.79. The summed E-state index contributed by atoms with van der Waals surface area (Å²) in [6.45, 7) is 1.73. The third-order valence-electron chi connectivity index (χ3n) is 2.03. The normalized spacial score (nSPS) is 12.2. The second-order valence-electron chi connectivity index (χ2n) is 3.24. The van der Waals surface area contributed by atoms with Gasteiger partial charge in [0.1, 0.15) is 6.61 Å². The number of halogens is 1. The molecule has 5 nitrogen and oxygen atoms in total. The monoisotopic (exact) mass is 229 g/mol. The summed E-state index contributed by atoms with van der Waals surface area (Å²) in [6, 6.07) is 3.11. The molecule has 1 N–H and O–H groups in total. The smallest absolute Gasteiger partial charge is 0.272 e. The summed E-state index contributed by atoms with van der Waals surface area (Å²) in [5, 5.41) is 19.5. The van der Waals surface area contributed by atoms with Gasteiger partial charge >= 0.3 is 0 Å². The van der Waals surface area contributed by atoms with Crippen molar-refractivity contribution < 1.29 is 19.2 Å². The van der Waals surface area contributed by atoms with Crippen molar-refractivity contribution >= 4 is 5.69 Å². The maximum absolute atomic E-state index is 13.3. The zero-order valence-corrected chi connectivity index (χ0v) is 8.72. The van der Waals surface area contributed by atoms with Crippen LogP contribution in [0.4, 0.5) is 10.1 Å². The molecule has 1 unspecified atom stereocenters. The average Bonchev–Trinajstić information content (AvgIpc) is 2.26. The molecule has 16 heavy (non-hydrogen) atoms. The van der Waals surface area contributed by atoms with Crippen molar-refractivity contribution in [3.8, 4) is 5.75 Å². The Kier molecular flexibility index (Phi) is 4.19. The van der Waals surface area contributed by atoms with Crippen LogP contribution in [-0.2, 0) is 0 Å². The predicted octanol–water partition coefficient (Wildman–Crippen LogP) is 1.88. The SMILES string of the molecule is CCC(O)COc1ccc([N+](=O)[O-])cc1F. The van der Waals surface area contributed by atoms with Gasteiger partial charge in [0.2, 0.25) is 0 Å². The van der Waals surface area contributed by atoms with E-state index in [1.54, 1.807) is 6.92 Å². The highest BCUT2D eigenvalue weighted by molar-refractivity contribution is 5.37. The summed E-state index contributed by atoms with van der Waals surface area (Å²) in [4.78, 5) is 9.65. The second-order valence-corrected chi connectivity index (χ2v) is 3.24. The van der Waals surface area contributed by atoms with Crippen LogP contribution in [0.1, 0.15) is 13.3 Å². The van der Waals surface area contributed by atoms with E-state index in [2.05, 4.69) is 0 Å². The van der Waals surface area contributed by atoms with Gasteiger partial charge in [-0.2, -0.15) is 0 Å². The molecule has 6 heteroatoms. The molecule has 1 aromatic carbocycles. The van der Waals surface area contributed by atoms with E-state index in [0.717, 1.165) is 12.1 Å². The second kappa shape index (κ2) is 5.41. The Morgan fingerprint density at radius 2 is 2.31 bits per heavy atom. The number of benzene rings is 1. The number of hydrogen-bond acceptors (Lipinski definition) is 4. The number of nitro benzene ring substituents is 1. The lowest BCUT2D eigenvalue weighted by atomic mass is 10.3. The molecule has 1 rings (SSSR count). The van der Waals surface area contributed by atoms with Crippen molar-refractivity contribution in [2.45, 2.75) is 19.4 Å². The number of nitrogens with zero attached hydrogens (tertiary/aromatic N) is 1. The molecule has 0 aliphatic heterocycles. The van der Waals surface area contributed by atoms with E-state index >= 15 is 0 Å². The number of aliphatic hydroxyl groups excluding tert-OH is 1. The van der Waals surface area contributed by atoms with Crippen LogP contribution >= 0.6 is 0 Å². The van der Waals surface area contributed by atoms with Crippen LogP contribution in [0.2, 0.25) is 0 Å². The molecule has 0 amide bonds. The van der Waals surface area contributed by atoms with E-state index in [1.165, 1.54) is 6.07 Å². The molecule has 0 saturated heterocycles. The molecule has 0 heterocycles. The van der Waals surface area contributed by atoms with Gasteiger partial charge in [-0.15, -0.1) is 0 Å². The largest absolute Gasteiger partial charge is 0.488 e. The Bertz CT molecular complexity index is 383. The topological polar surface area (TPSA) is 72.6 Å². The lowest BCUT2D eigenvalue weighted by molar-refractivity contribution is -0.385. The summed E-state index contributed by atoms with van der Waals surface area (Å²) >= 11 is 0. The van der Waals surface area contributed by atoms with Gasteiger partial charge in [-0.05, 0) is 12.5 Å². The highest BCUT2D eigenvalue weighted by atomic mass is 19.1. The van der Waals surface area contributed by atoms with Crippen molar-refractivity contribution in [2.75, 3.05) is 6.61 Å². The number of nitro groups is 1. The number of non-ortho nitro benzene ring substituents is 1. The number of rotatable bonds is 5. The fourth-order valence-electron chi connectivity index (χ4n) is 1.02. The van der Waals surface area contributed by atoms with Gasteiger partial charge in [0, 0.05) is 6.07 Å². The van der Waals surface area contributed by atoms with Crippen LogP contribution in [-0.4, -0.2) is 22.7 Å². The highest BCUT2D eigenvalue weighted by Gasteiger charge is 2.12. The lowest BCUT2D eigenvalue weighted by Crippen LogP contribution is -2.16. The van der Waals surface area contributed by atoms with Crippen molar-refractivity contribution in [1.29, 1.82) is 0 Å². The third-order valence-corrected chi connectivity index (χ3v) is 2.03. The molecule has 0 aliphatic carbocycles. The quantitative estimate of drug-likeness (QED) is 0.618. The molecule has 0 saturated carbocycles. The first-order valence-corrected chi connectivity index (χ1v) is 4.79. The van der Waals surface area contributed by atoms with Crippen molar-refractivity contribution in [1.82, 2.24) is 0 Å². The fraction of sp³-hybridized carbons (Fsp3) is 0.400. The van der Waals surface area contributed by atoms with Gasteiger partial charge in [-0.3, -0.25) is 10.1 Å². The standard InChI is InChI=1S/C10H12FNO4/c1-2-8(13)6-16-10-4-3-7(12(14)15)5-9(10)11/h3-5,8,13H,2,6H2,1H3. The zero-order chi connectivity index (χ0) is 12.1. The van der Waals surface area contributed by atoms with E-state index in [-0.39, 0.29) is 18.0 Å². The van der Waals surface area contributed by atoms with Crippen LogP contribution in [0, 0.1) is 15.9 Å². The average molecular weight is 229 g/mol. The van der Waals surface area contributed by atoms with E-state index in [9.17, 15) is 19.6 Å². The third kappa shape index (κ3) is 3.16. The molecule has 0 aromatic heterocycles. The molecule has 0 spiro atoms. The van der Waals surface area contributed by atoms with E-state index in [4.69, 9.17) is 4.74 Å². The van der Waals surface area contributed by atoms with E-state index in [1.807, 2.05) is 0 Å². The van der Waals surface area contributed by atoms with Gasteiger partial charge in [0.25, 0.3) is 5.69 Å². The number of aliphatic hydroxyl groups is 1. The molecule has 0 bridgehead atoms. The van der Waals surface area contributed by atoms with Crippen LogP contribution < -0.4 is 4.74 Å². The molecular formula is C10H12FNO4. The number of hydrogen-bond donors (Lipinski definition) is 1. The molecule has 0 aliphatic rings. The van der Waals surface area contributed by atoms with Gasteiger partial charge < -0.3 is 9.84 Å². The van der Waals surface area contributed by atoms with E-state index < -0.39 is 16.8 Å². The van der Waals surface area contributed by atoms with E-state index in [0.29, 0.717) is 6.42 Å². The lowest BCUT2D eigenvalue weighted by Gasteiger charge is -2.10. The Labute approximate surface area is 91.6 Å². The molecule has 88 valence electrons. The first-order chi connectivity index (χ1) is 7.54. The summed E-state index contributed by atoms with van der Waals surface area (Å²) in [7, 11) is 0. The molecule has 1 aromatic rings. The van der Waals surface area contributed by atoms with Gasteiger partial charge in [-0.1, -0.05) is 6.92 Å². The summed E-state index contributed by atoms with van der Waals surface area (Å²) in [5.74, 6) is -0.907. The molecule has 1 atom stereocenters. The minimum atomic E-state index is -0.808. The van der Waals surface area contributed by atoms with Crippen LogP contribution in [0.5, 0.6) is 5.75 Å². The highest BCUT2D eigenvalue weighted by Crippen LogP contribution is 2.22. The Hall–Kier alpha value is -1.69. The van der Waals surface area contributed by atoms with Crippen LogP contribution in [0.3, 0.4) is 0 Å². The Balaban J connectivity index is 2.72. The van der Waals surface area contributed by atoms with Crippen LogP contribution in [0.15, 0.2) is 18.2 Å². The molecule has 0 radical (unpaired) electrons. The Morgan fingerprint density at radius 3 is 2.81 bits per heavy atom. The predicted molar refractivity (Wildman–Crippen MR) is 54.8 cm³/mol. The summed E-state index contributed by atoms with van der Waals surface area (Å²) in [5.41, 5.74) is -0.333. The molecule has 0 fully saturated rings. The van der Waals surface area contributed by atoms with Crippen molar-refractivity contribution in [2.24, 2.45) is 0 Å². The minimum Gasteiger partial charge on any atom is -0.488 e. The number of ether oxygens (including phenoxy) is 1. The van der Waals surface area contributed by atoms with Gasteiger partial charge in [-0.25, -0.2) is 4.39 Å². The minimum absolute atomic E-state index is 0.0365. The van der Waals surface area contributed by atoms with Crippen LogP contribution in [0.25, 0.3) is 0 Å². The maximum atomic E-state index is 13.3. The summed E-state index contributed by atoms with van der Waals surface area (Å²) in [6.07, 6.45) is -0.177.